The van der Waals surface area contributed by atoms with Crippen LogP contribution < -0.4 is 0 Å². The topological polar surface area (TPSA) is 0 Å². The molecule has 0 nitrogen and oxygen atoms in total. The van der Waals surface area contributed by atoms with E-state index in [1.165, 1.54) is 18.4 Å². The molecule has 0 heterocycles. The monoisotopic (exact) mass is 148 g/mol. The summed E-state index contributed by atoms with van der Waals surface area (Å²) in [7, 11) is 0. The van der Waals surface area contributed by atoms with Gasteiger partial charge < -0.3 is 0 Å². The Morgan fingerprint density at radius 3 is 2.91 bits per heavy atom. The molecule has 0 saturated heterocycles. The second kappa shape index (κ2) is 4.95. The van der Waals surface area contributed by atoms with Crippen LogP contribution in [0.1, 0.15) is 32.6 Å². The van der Waals surface area contributed by atoms with E-state index >= 15 is 0 Å². The molecule has 1 aliphatic rings. The normalized spacial score (nSPS) is 17.4. The van der Waals surface area contributed by atoms with Crippen LogP contribution in [0.3, 0.4) is 0 Å². The first-order valence-electron chi connectivity index (χ1n) is 4.44. The lowest BCUT2D eigenvalue weighted by atomic mass is 10.0. The van der Waals surface area contributed by atoms with Crippen molar-refractivity contribution in [1.82, 2.24) is 0 Å². The Balaban J connectivity index is 2.31. The van der Waals surface area contributed by atoms with Gasteiger partial charge in [0.2, 0.25) is 0 Å². The quantitative estimate of drug-likeness (QED) is 0.536. The fourth-order valence-electron chi connectivity index (χ4n) is 1.21. The summed E-state index contributed by atoms with van der Waals surface area (Å²) in [6, 6.07) is 0. The maximum atomic E-state index is 2.33. The molecule has 0 heteroatoms. The van der Waals surface area contributed by atoms with Gasteiger partial charge in [-0.25, -0.2) is 0 Å². The zero-order chi connectivity index (χ0) is 7.94. The van der Waals surface area contributed by atoms with Crippen LogP contribution in [0.4, 0.5) is 0 Å². The molecule has 0 fully saturated rings. The summed E-state index contributed by atoms with van der Waals surface area (Å²) in [6.45, 7) is 2.17. The summed E-state index contributed by atoms with van der Waals surface area (Å²) < 4.78 is 0. The van der Waals surface area contributed by atoms with Crippen LogP contribution in [-0.4, -0.2) is 0 Å². The molecule has 0 bridgehead atoms. The fourth-order valence-corrected chi connectivity index (χ4v) is 1.21. The molecule has 0 N–H and O–H groups in total. The van der Waals surface area contributed by atoms with Crippen molar-refractivity contribution in [3.63, 3.8) is 0 Å². The third-order valence-electron chi connectivity index (χ3n) is 1.83. The smallest absolute Gasteiger partial charge is 0.0101 e. The van der Waals surface area contributed by atoms with Crippen LogP contribution in [-0.2, 0) is 0 Å². The van der Waals surface area contributed by atoms with Crippen LogP contribution in [0.25, 0.3) is 0 Å². The van der Waals surface area contributed by atoms with Crippen molar-refractivity contribution >= 4 is 0 Å². The highest BCUT2D eigenvalue weighted by Gasteiger charge is 1.92. The molecule has 0 radical (unpaired) electrons. The summed E-state index contributed by atoms with van der Waals surface area (Å²) in [5, 5.41) is 0. The molecule has 0 atom stereocenters. The molecule has 0 aliphatic heterocycles. The lowest BCUT2D eigenvalue weighted by molar-refractivity contribution is 1.00. The maximum Gasteiger partial charge on any atom is -0.0101 e. The van der Waals surface area contributed by atoms with Crippen molar-refractivity contribution in [1.29, 1.82) is 0 Å². The van der Waals surface area contributed by atoms with Gasteiger partial charge >= 0.3 is 0 Å². The number of hydrogen-bond acceptors (Lipinski definition) is 0. The zero-order valence-corrected chi connectivity index (χ0v) is 7.22. The Morgan fingerprint density at radius 1 is 1.36 bits per heavy atom. The Bertz CT molecular complexity index is 182. The molecular formula is C11H16. The van der Waals surface area contributed by atoms with Gasteiger partial charge in [-0.05, 0) is 31.3 Å². The summed E-state index contributed by atoms with van der Waals surface area (Å²) >= 11 is 0. The highest BCUT2D eigenvalue weighted by atomic mass is 14.0. The van der Waals surface area contributed by atoms with E-state index in [0.29, 0.717) is 0 Å². The first-order valence-corrected chi connectivity index (χ1v) is 4.44. The molecular weight excluding hydrogens is 132 g/mol. The molecule has 0 spiro atoms. The Hall–Kier alpha value is -0.780. The Kier molecular flexibility index (Phi) is 3.74. The van der Waals surface area contributed by atoms with Gasteiger partial charge in [0.05, 0.1) is 0 Å². The minimum Gasteiger partial charge on any atom is -0.0885 e. The second-order valence-electron chi connectivity index (χ2n) is 2.84. The highest BCUT2D eigenvalue weighted by Crippen LogP contribution is 2.13. The van der Waals surface area contributed by atoms with Crippen molar-refractivity contribution in [3.05, 3.63) is 36.0 Å². The molecule has 11 heavy (non-hydrogen) atoms. The van der Waals surface area contributed by atoms with Crippen molar-refractivity contribution < 1.29 is 0 Å². The Morgan fingerprint density at radius 2 is 2.27 bits per heavy atom. The Labute approximate surface area is 69.3 Å². The van der Waals surface area contributed by atoms with Gasteiger partial charge in [0.1, 0.15) is 0 Å². The highest BCUT2D eigenvalue weighted by molar-refractivity contribution is 5.24. The van der Waals surface area contributed by atoms with Crippen LogP contribution in [0.5, 0.6) is 0 Å². The van der Waals surface area contributed by atoms with E-state index in [1.807, 2.05) is 0 Å². The van der Waals surface area contributed by atoms with Gasteiger partial charge in [0.25, 0.3) is 0 Å². The standard InChI is InChI=1S/C11H16/c1-2-3-5-8-11-9-6-4-7-10-11/h3,5-6,9-10H,2,4,7-8H2,1H3/b5-3-. The van der Waals surface area contributed by atoms with Gasteiger partial charge in [-0.3, -0.25) is 0 Å². The lowest BCUT2D eigenvalue weighted by Crippen LogP contribution is -1.82. The number of allylic oxidation sites excluding steroid dienone is 6. The van der Waals surface area contributed by atoms with Gasteiger partial charge in [0, 0.05) is 0 Å². The molecule has 1 aliphatic carbocycles. The summed E-state index contributed by atoms with van der Waals surface area (Å²) in [5.74, 6) is 0. The molecule has 1 rings (SSSR count). The van der Waals surface area contributed by atoms with E-state index < -0.39 is 0 Å². The molecule has 0 aromatic rings. The lowest BCUT2D eigenvalue weighted by Gasteiger charge is -2.02. The number of rotatable bonds is 3. The summed E-state index contributed by atoms with van der Waals surface area (Å²) in [5.41, 5.74) is 1.47. The molecule has 0 amide bonds. The van der Waals surface area contributed by atoms with Crippen molar-refractivity contribution in [3.8, 4) is 0 Å². The number of hydrogen-bond donors (Lipinski definition) is 0. The van der Waals surface area contributed by atoms with Crippen LogP contribution >= 0.6 is 0 Å². The molecule has 60 valence electrons. The SMILES string of the molecule is CC/C=C\CC1=CCCC=C1. The van der Waals surface area contributed by atoms with E-state index in [-0.39, 0.29) is 0 Å². The summed E-state index contributed by atoms with van der Waals surface area (Å²) in [4.78, 5) is 0. The summed E-state index contributed by atoms with van der Waals surface area (Å²) in [6.07, 6.45) is 16.0. The van der Waals surface area contributed by atoms with Gasteiger partial charge in [-0.2, -0.15) is 0 Å². The van der Waals surface area contributed by atoms with Gasteiger partial charge in [-0.15, -0.1) is 0 Å². The van der Waals surface area contributed by atoms with E-state index in [1.54, 1.807) is 0 Å². The third-order valence-corrected chi connectivity index (χ3v) is 1.83. The minimum absolute atomic E-state index is 1.12. The van der Waals surface area contributed by atoms with Gasteiger partial charge in [0.15, 0.2) is 0 Å². The first kappa shape index (κ1) is 8.32. The molecule has 0 saturated carbocycles. The van der Waals surface area contributed by atoms with Crippen LogP contribution in [0, 0.1) is 0 Å². The zero-order valence-electron chi connectivity index (χ0n) is 7.22. The van der Waals surface area contributed by atoms with Gasteiger partial charge in [-0.1, -0.05) is 37.3 Å². The van der Waals surface area contributed by atoms with Crippen molar-refractivity contribution in [2.45, 2.75) is 32.6 Å². The first-order chi connectivity index (χ1) is 5.43. The minimum atomic E-state index is 1.12. The van der Waals surface area contributed by atoms with E-state index in [2.05, 4.69) is 37.3 Å². The largest absolute Gasteiger partial charge is 0.0885 e. The van der Waals surface area contributed by atoms with E-state index in [4.69, 9.17) is 0 Å². The van der Waals surface area contributed by atoms with Crippen molar-refractivity contribution in [2.24, 2.45) is 0 Å². The molecule has 0 unspecified atom stereocenters. The average molecular weight is 148 g/mol. The second-order valence-corrected chi connectivity index (χ2v) is 2.84. The van der Waals surface area contributed by atoms with Crippen molar-refractivity contribution in [2.75, 3.05) is 0 Å². The predicted octanol–water partition coefficient (Wildman–Crippen LogP) is 3.62. The van der Waals surface area contributed by atoms with E-state index in [9.17, 15) is 0 Å². The molecule has 0 aromatic heterocycles. The van der Waals surface area contributed by atoms with E-state index in [0.717, 1.165) is 12.8 Å². The average Bonchev–Trinajstić information content (AvgIpc) is 2.07. The van der Waals surface area contributed by atoms with Crippen LogP contribution in [0.15, 0.2) is 36.0 Å². The third kappa shape index (κ3) is 3.22. The molecule has 0 aromatic carbocycles. The maximum absolute atomic E-state index is 2.33. The van der Waals surface area contributed by atoms with Crippen LogP contribution in [0.2, 0.25) is 0 Å². The fraction of sp³-hybridized carbons (Fsp3) is 0.455. The predicted molar refractivity (Wildman–Crippen MR) is 50.5 cm³/mol.